The third kappa shape index (κ3) is 1.89. The van der Waals surface area contributed by atoms with Gasteiger partial charge in [0.15, 0.2) is 0 Å². The number of ether oxygens (including phenoxy) is 1. The highest BCUT2D eigenvalue weighted by Crippen LogP contribution is 2.32. The molecule has 2 rings (SSSR count). The number of hydrogen-bond donors (Lipinski definition) is 1. The SMILES string of the molecule is C=CC1=C(N=C)C(=N)c2c(Cl)cccc2OC1. The Bertz CT molecular complexity index is 546. The van der Waals surface area contributed by atoms with E-state index < -0.39 is 0 Å². The summed E-state index contributed by atoms with van der Waals surface area (Å²) in [6, 6.07) is 5.29. The Labute approximate surface area is 105 Å². The first-order valence-corrected chi connectivity index (χ1v) is 5.39. The Balaban J connectivity index is 2.66. The number of aliphatic imine (C=N–C) groups is 1. The van der Waals surface area contributed by atoms with Crippen molar-refractivity contribution < 1.29 is 4.74 Å². The molecule has 0 aliphatic carbocycles. The first-order valence-electron chi connectivity index (χ1n) is 5.02. The van der Waals surface area contributed by atoms with E-state index in [1.165, 1.54) is 0 Å². The summed E-state index contributed by atoms with van der Waals surface area (Å²) < 4.78 is 5.59. The second-order valence-electron chi connectivity index (χ2n) is 3.51. The molecular weight excluding hydrogens is 236 g/mol. The highest BCUT2D eigenvalue weighted by atomic mass is 35.5. The van der Waals surface area contributed by atoms with Crippen LogP contribution in [0.1, 0.15) is 5.56 Å². The lowest BCUT2D eigenvalue weighted by Crippen LogP contribution is -2.03. The van der Waals surface area contributed by atoms with Crippen molar-refractivity contribution in [3.63, 3.8) is 0 Å². The van der Waals surface area contributed by atoms with E-state index >= 15 is 0 Å². The van der Waals surface area contributed by atoms with E-state index in [2.05, 4.69) is 18.3 Å². The zero-order valence-corrected chi connectivity index (χ0v) is 9.92. The van der Waals surface area contributed by atoms with Gasteiger partial charge < -0.3 is 4.74 Å². The molecule has 1 aliphatic rings. The van der Waals surface area contributed by atoms with Crippen LogP contribution in [0.4, 0.5) is 0 Å². The summed E-state index contributed by atoms with van der Waals surface area (Å²) in [7, 11) is 0. The first kappa shape index (κ1) is 11.6. The molecule has 1 aliphatic heterocycles. The molecule has 0 amide bonds. The Morgan fingerprint density at radius 2 is 2.24 bits per heavy atom. The van der Waals surface area contributed by atoms with Gasteiger partial charge in [0.05, 0.1) is 22.0 Å². The Hall–Kier alpha value is -1.87. The topological polar surface area (TPSA) is 45.4 Å². The summed E-state index contributed by atoms with van der Waals surface area (Å²) in [6.45, 7) is 7.48. The van der Waals surface area contributed by atoms with Crippen molar-refractivity contribution in [2.24, 2.45) is 4.99 Å². The van der Waals surface area contributed by atoms with Crippen molar-refractivity contribution in [2.45, 2.75) is 0 Å². The van der Waals surface area contributed by atoms with Crippen LogP contribution in [0.2, 0.25) is 5.02 Å². The number of hydrogen-bond acceptors (Lipinski definition) is 3. The van der Waals surface area contributed by atoms with Crippen molar-refractivity contribution in [3.05, 3.63) is 52.7 Å². The molecule has 3 nitrogen and oxygen atoms in total. The number of benzene rings is 1. The van der Waals surface area contributed by atoms with Crippen LogP contribution in [0.5, 0.6) is 5.75 Å². The summed E-state index contributed by atoms with van der Waals surface area (Å²) >= 11 is 6.09. The molecule has 17 heavy (non-hydrogen) atoms. The van der Waals surface area contributed by atoms with Gasteiger partial charge in [0.1, 0.15) is 12.4 Å². The minimum atomic E-state index is 0.216. The second kappa shape index (κ2) is 4.55. The molecule has 86 valence electrons. The van der Waals surface area contributed by atoms with Crippen LogP contribution in [0.15, 0.2) is 47.1 Å². The van der Waals surface area contributed by atoms with Crippen molar-refractivity contribution in [1.29, 1.82) is 5.41 Å². The Morgan fingerprint density at radius 3 is 2.88 bits per heavy atom. The van der Waals surface area contributed by atoms with Gasteiger partial charge in [-0.05, 0) is 18.9 Å². The van der Waals surface area contributed by atoms with E-state index in [0.717, 1.165) is 5.57 Å². The largest absolute Gasteiger partial charge is 0.488 e. The summed E-state index contributed by atoms with van der Waals surface area (Å²) in [5.74, 6) is 0.584. The molecule has 4 heteroatoms. The second-order valence-corrected chi connectivity index (χ2v) is 3.92. The molecule has 1 aromatic carbocycles. The molecule has 0 radical (unpaired) electrons. The lowest BCUT2D eigenvalue weighted by Gasteiger charge is -2.08. The molecule has 1 heterocycles. The third-order valence-corrected chi connectivity index (χ3v) is 2.87. The lowest BCUT2D eigenvalue weighted by atomic mass is 10.0. The number of nitrogens with one attached hydrogen (secondary N) is 1. The highest BCUT2D eigenvalue weighted by Gasteiger charge is 2.22. The minimum absolute atomic E-state index is 0.216. The number of fused-ring (bicyclic) bond motifs is 1. The molecule has 0 saturated heterocycles. The Morgan fingerprint density at radius 1 is 1.47 bits per heavy atom. The van der Waals surface area contributed by atoms with Gasteiger partial charge in [-0.1, -0.05) is 30.3 Å². The van der Waals surface area contributed by atoms with Crippen molar-refractivity contribution in [1.82, 2.24) is 0 Å². The monoisotopic (exact) mass is 246 g/mol. The van der Waals surface area contributed by atoms with E-state index in [1.807, 2.05) is 0 Å². The molecular formula is C13H11ClN2O. The van der Waals surface area contributed by atoms with Crippen molar-refractivity contribution >= 4 is 24.0 Å². The predicted molar refractivity (Wildman–Crippen MR) is 70.5 cm³/mol. The fourth-order valence-electron chi connectivity index (χ4n) is 1.71. The fourth-order valence-corrected chi connectivity index (χ4v) is 1.97. The summed E-state index contributed by atoms with van der Waals surface area (Å²) in [6.07, 6.45) is 1.62. The lowest BCUT2D eigenvalue weighted by molar-refractivity contribution is 0.356. The van der Waals surface area contributed by atoms with E-state index in [0.29, 0.717) is 28.6 Å². The van der Waals surface area contributed by atoms with Gasteiger partial charge in [-0.3, -0.25) is 10.4 Å². The van der Waals surface area contributed by atoms with E-state index in [-0.39, 0.29) is 5.71 Å². The van der Waals surface area contributed by atoms with Gasteiger partial charge in [0, 0.05) is 5.57 Å². The third-order valence-electron chi connectivity index (χ3n) is 2.55. The van der Waals surface area contributed by atoms with Crippen molar-refractivity contribution in [2.75, 3.05) is 6.61 Å². The number of halogens is 1. The predicted octanol–water partition coefficient (Wildman–Crippen LogP) is 3.24. The molecule has 1 aromatic rings. The zero-order valence-electron chi connectivity index (χ0n) is 9.16. The van der Waals surface area contributed by atoms with Gasteiger partial charge in [-0.25, -0.2) is 0 Å². The van der Waals surface area contributed by atoms with Crippen LogP contribution in [-0.2, 0) is 0 Å². The minimum Gasteiger partial charge on any atom is -0.488 e. The average Bonchev–Trinajstić information content (AvgIpc) is 2.46. The molecule has 0 fully saturated rings. The summed E-state index contributed by atoms with van der Waals surface area (Å²) in [5.41, 5.74) is 1.96. The molecule has 0 saturated carbocycles. The maximum absolute atomic E-state index is 8.14. The van der Waals surface area contributed by atoms with E-state index in [1.54, 1.807) is 24.3 Å². The van der Waals surface area contributed by atoms with Crippen LogP contribution in [0.25, 0.3) is 0 Å². The summed E-state index contributed by atoms with van der Waals surface area (Å²) in [5, 5.41) is 8.61. The first-order chi connectivity index (χ1) is 8.19. The number of nitrogens with zero attached hydrogens (tertiary/aromatic N) is 1. The van der Waals surface area contributed by atoms with Crippen LogP contribution in [0, 0.1) is 5.41 Å². The molecule has 0 unspecified atom stereocenters. The molecule has 0 spiro atoms. The van der Waals surface area contributed by atoms with Crippen LogP contribution in [-0.4, -0.2) is 19.0 Å². The highest BCUT2D eigenvalue weighted by molar-refractivity contribution is 6.35. The zero-order chi connectivity index (χ0) is 12.4. The molecule has 0 atom stereocenters. The van der Waals surface area contributed by atoms with E-state index in [4.69, 9.17) is 21.7 Å². The molecule has 0 bridgehead atoms. The van der Waals surface area contributed by atoms with Crippen LogP contribution in [0.3, 0.4) is 0 Å². The van der Waals surface area contributed by atoms with Crippen LogP contribution < -0.4 is 4.74 Å². The fraction of sp³-hybridized carbons (Fsp3) is 0.0769. The Kier molecular flexibility index (Phi) is 3.11. The average molecular weight is 247 g/mol. The van der Waals surface area contributed by atoms with Gasteiger partial charge in [0.2, 0.25) is 0 Å². The standard InChI is InChI=1S/C13H11ClN2O/c1-3-8-7-17-10-6-4-5-9(14)11(10)12(15)13(8)16-2/h3-6,15H,1-2,7H2. The summed E-state index contributed by atoms with van der Waals surface area (Å²) in [4.78, 5) is 3.88. The number of rotatable bonds is 2. The quantitative estimate of drug-likeness (QED) is 0.800. The van der Waals surface area contributed by atoms with Gasteiger partial charge in [-0.2, -0.15) is 0 Å². The smallest absolute Gasteiger partial charge is 0.130 e. The molecule has 1 N–H and O–H groups in total. The van der Waals surface area contributed by atoms with Gasteiger partial charge in [-0.15, -0.1) is 0 Å². The van der Waals surface area contributed by atoms with E-state index in [9.17, 15) is 0 Å². The van der Waals surface area contributed by atoms with Crippen LogP contribution >= 0.6 is 11.6 Å². The van der Waals surface area contributed by atoms with Crippen molar-refractivity contribution in [3.8, 4) is 5.75 Å². The maximum Gasteiger partial charge on any atom is 0.130 e. The molecule has 0 aromatic heterocycles. The maximum atomic E-state index is 8.14. The van der Waals surface area contributed by atoms with Gasteiger partial charge in [0.25, 0.3) is 0 Å². The number of allylic oxidation sites excluding steroid dienone is 1. The normalized spacial score (nSPS) is 14.8. The van der Waals surface area contributed by atoms with Gasteiger partial charge >= 0.3 is 0 Å².